The first-order valence-electron chi connectivity index (χ1n) is 9.84. The molecule has 0 radical (unpaired) electrons. The molecule has 170 valence electrons. The van der Waals surface area contributed by atoms with Crippen molar-refractivity contribution in [2.45, 2.75) is 11.3 Å². The third kappa shape index (κ3) is 4.83. The van der Waals surface area contributed by atoms with Gasteiger partial charge in [0.25, 0.3) is 15.9 Å². The van der Waals surface area contributed by atoms with Gasteiger partial charge in [-0.1, -0.05) is 12.1 Å². The summed E-state index contributed by atoms with van der Waals surface area (Å²) in [6.45, 7) is 0.455. The van der Waals surface area contributed by atoms with E-state index in [9.17, 15) is 22.8 Å². The number of nitrogens with zero attached hydrogens (tertiary/aromatic N) is 2. The number of amides is 4. The van der Waals surface area contributed by atoms with Gasteiger partial charge in [0.2, 0.25) is 5.91 Å². The Kier molecular flexibility index (Phi) is 6.98. The Bertz CT molecular complexity index is 1100. The zero-order valence-corrected chi connectivity index (χ0v) is 18.5. The van der Waals surface area contributed by atoms with Gasteiger partial charge in [-0.3, -0.25) is 18.8 Å². The molecule has 2 N–H and O–H groups in total. The van der Waals surface area contributed by atoms with E-state index in [1.54, 1.807) is 24.3 Å². The number of nitrogens with one attached hydrogen (secondary N) is 2. The predicted molar refractivity (Wildman–Crippen MR) is 117 cm³/mol. The lowest BCUT2D eigenvalue weighted by atomic mass is 10.2. The molecule has 11 heteroatoms. The lowest BCUT2D eigenvalue weighted by Crippen LogP contribution is -2.34. The van der Waals surface area contributed by atoms with Gasteiger partial charge in [-0.25, -0.2) is 13.2 Å². The largest absolute Gasteiger partial charge is 0.495 e. The maximum atomic E-state index is 13.0. The van der Waals surface area contributed by atoms with Crippen LogP contribution >= 0.6 is 0 Å². The van der Waals surface area contributed by atoms with Crippen LogP contribution in [0.15, 0.2) is 53.4 Å². The molecule has 32 heavy (non-hydrogen) atoms. The molecule has 0 aliphatic carbocycles. The second-order valence-corrected chi connectivity index (χ2v) is 8.95. The van der Waals surface area contributed by atoms with E-state index < -0.39 is 16.1 Å². The van der Waals surface area contributed by atoms with Crippen LogP contribution in [0.4, 0.5) is 10.5 Å². The number of sulfonamides is 1. The molecule has 1 fully saturated rings. The van der Waals surface area contributed by atoms with Crippen molar-refractivity contribution in [2.24, 2.45) is 0 Å². The molecule has 0 saturated carbocycles. The van der Waals surface area contributed by atoms with E-state index in [4.69, 9.17) is 4.74 Å². The molecule has 1 saturated heterocycles. The van der Waals surface area contributed by atoms with E-state index in [1.165, 1.54) is 38.4 Å². The summed E-state index contributed by atoms with van der Waals surface area (Å²) >= 11 is 0. The van der Waals surface area contributed by atoms with Crippen LogP contribution in [-0.2, 0) is 14.8 Å². The number of benzene rings is 2. The minimum atomic E-state index is -3.86. The van der Waals surface area contributed by atoms with Gasteiger partial charge in [0.15, 0.2) is 0 Å². The number of hydrogen-bond donors (Lipinski definition) is 2. The third-order valence-electron chi connectivity index (χ3n) is 4.98. The maximum absolute atomic E-state index is 13.0. The van der Waals surface area contributed by atoms with Crippen LogP contribution in [0.1, 0.15) is 16.8 Å². The fourth-order valence-corrected chi connectivity index (χ4v) is 4.38. The Morgan fingerprint density at radius 2 is 1.84 bits per heavy atom. The standard InChI is InChI=1S/C21H24N4O6S/c1-24(17-6-3-4-7-18(17)31-2)32(29,30)16-10-8-15(9-11-16)20(27)22-12-5-13-25-19(26)14-23-21(25)28/h3-4,6-11H,5,12-14H2,1-2H3,(H,22,27)(H,23,28). The lowest BCUT2D eigenvalue weighted by molar-refractivity contribution is -0.125. The van der Waals surface area contributed by atoms with Crippen LogP contribution in [0.3, 0.4) is 0 Å². The van der Waals surface area contributed by atoms with Crippen LogP contribution in [-0.4, -0.2) is 65.0 Å². The van der Waals surface area contributed by atoms with Gasteiger partial charge in [0, 0.05) is 25.7 Å². The fraction of sp³-hybridized carbons (Fsp3) is 0.286. The van der Waals surface area contributed by atoms with Crippen LogP contribution in [0.5, 0.6) is 5.75 Å². The molecule has 4 amide bonds. The molecule has 0 atom stereocenters. The summed E-state index contributed by atoms with van der Waals surface area (Å²) < 4.78 is 32.3. The van der Waals surface area contributed by atoms with E-state index in [0.717, 1.165) is 9.21 Å². The Hall–Kier alpha value is -3.60. The number of carbonyl (C=O) groups is 3. The number of para-hydroxylation sites is 2. The van der Waals surface area contributed by atoms with E-state index in [-0.39, 0.29) is 36.3 Å². The van der Waals surface area contributed by atoms with Crippen molar-refractivity contribution in [3.63, 3.8) is 0 Å². The summed E-state index contributed by atoms with van der Waals surface area (Å²) in [5, 5.41) is 5.12. The number of imide groups is 1. The lowest BCUT2D eigenvalue weighted by Gasteiger charge is -2.21. The summed E-state index contributed by atoms with van der Waals surface area (Å²) in [5.41, 5.74) is 0.681. The Balaban J connectivity index is 1.60. The van der Waals surface area contributed by atoms with Crippen LogP contribution in [0.25, 0.3) is 0 Å². The van der Waals surface area contributed by atoms with Gasteiger partial charge in [-0.15, -0.1) is 0 Å². The topological polar surface area (TPSA) is 125 Å². The first-order valence-corrected chi connectivity index (χ1v) is 11.3. The molecule has 1 aliphatic rings. The minimum absolute atomic E-state index is 0.00725. The normalized spacial score (nSPS) is 13.6. The molecule has 0 aromatic heterocycles. The average Bonchev–Trinajstić information content (AvgIpc) is 3.13. The second-order valence-electron chi connectivity index (χ2n) is 6.98. The quantitative estimate of drug-likeness (QED) is 0.428. The van der Waals surface area contributed by atoms with Crippen molar-refractivity contribution in [3.8, 4) is 5.75 Å². The number of ether oxygens (including phenoxy) is 1. The molecular formula is C21H24N4O6S. The fourth-order valence-electron chi connectivity index (χ4n) is 3.18. The molecule has 3 rings (SSSR count). The molecule has 10 nitrogen and oxygen atoms in total. The Morgan fingerprint density at radius 1 is 1.16 bits per heavy atom. The molecule has 1 heterocycles. The number of urea groups is 1. The van der Waals surface area contributed by atoms with Crippen molar-refractivity contribution in [3.05, 3.63) is 54.1 Å². The summed E-state index contributed by atoms with van der Waals surface area (Å²) in [7, 11) is -0.969. The molecule has 0 unspecified atom stereocenters. The average molecular weight is 461 g/mol. The predicted octanol–water partition coefficient (Wildman–Crippen LogP) is 1.19. The SMILES string of the molecule is COc1ccccc1N(C)S(=O)(=O)c1ccc(C(=O)NCCCN2C(=O)CNC2=O)cc1. The van der Waals surface area contributed by atoms with Gasteiger partial charge in [0.1, 0.15) is 5.75 Å². The first-order chi connectivity index (χ1) is 15.3. The molecule has 1 aliphatic heterocycles. The minimum Gasteiger partial charge on any atom is -0.495 e. The molecule has 2 aromatic carbocycles. The molecule has 0 spiro atoms. The zero-order chi connectivity index (χ0) is 23.3. The Labute approximate surface area is 186 Å². The first kappa shape index (κ1) is 23.1. The van der Waals surface area contributed by atoms with Gasteiger partial charge in [-0.2, -0.15) is 0 Å². The number of anilines is 1. The maximum Gasteiger partial charge on any atom is 0.324 e. The summed E-state index contributed by atoms with van der Waals surface area (Å²) in [5.74, 6) is -0.261. The van der Waals surface area contributed by atoms with E-state index in [1.807, 2.05) is 0 Å². The number of carbonyl (C=O) groups excluding carboxylic acids is 3. The summed E-state index contributed by atoms with van der Waals surface area (Å²) in [6, 6.07) is 11.9. The summed E-state index contributed by atoms with van der Waals surface area (Å²) in [4.78, 5) is 36.4. The van der Waals surface area contributed by atoms with Gasteiger partial charge >= 0.3 is 6.03 Å². The highest BCUT2D eigenvalue weighted by atomic mass is 32.2. The van der Waals surface area contributed by atoms with Crippen LogP contribution in [0.2, 0.25) is 0 Å². The second kappa shape index (κ2) is 9.69. The van der Waals surface area contributed by atoms with Crippen molar-refractivity contribution in [2.75, 3.05) is 38.1 Å². The van der Waals surface area contributed by atoms with E-state index in [0.29, 0.717) is 23.4 Å². The van der Waals surface area contributed by atoms with Gasteiger partial charge in [-0.05, 0) is 42.8 Å². The Morgan fingerprint density at radius 3 is 2.47 bits per heavy atom. The van der Waals surface area contributed by atoms with E-state index in [2.05, 4.69) is 10.6 Å². The monoisotopic (exact) mass is 460 g/mol. The zero-order valence-electron chi connectivity index (χ0n) is 17.7. The highest BCUT2D eigenvalue weighted by Crippen LogP contribution is 2.30. The van der Waals surface area contributed by atoms with Crippen molar-refractivity contribution < 1.29 is 27.5 Å². The number of rotatable bonds is 9. The molecule has 2 aromatic rings. The highest BCUT2D eigenvalue weighted by molar-refractivity contribution is 7.92. The summed E-state index contributed by atoms with van der Waals surface area (Å²) in [6.07, 6.45) is 0.404. The molecular weight excluding hydrogens is 436 g/mol. The van der Waals surface area contributed by atoms with Gasteiger partial charge in [0.05, 0.1) is 24.2 Å². The van der Waals surface area contributed by atoms with Crippen LogP contribution in [0, 0.1) is 0 Å². The number of methoxy groups -OCH3 is 1. The van der Waals surface area contributed by atoms with Crippen molar-refractivity contribution >= 4 is 33.6 Å². The molecule has 0 bridgehead atoms. The van der Waals surface area contributed by atoms with Crippen LogP contribution < -0.4 is 19.7 Å². The van der Waals surface area contributed by atoms with Crippen molar-refractivity contribution in [1.29, 1.82) is 0 Å². The smallest absolute Gasteiger partial charge is 0.324 e. The van der Waals surface area contributed by atoms with Crippen molar-refractivity contribution in [1.82, 2.24) is 15.5 Å². The van der Waals surface area contributed by atoms with Gasteiger partial charge < -0.3 is 15.4 Å². The number of hydrogen-bond acceptors (Lipinski definition) is 6. The third-order valence-corrected chi connectivity index (χ3v) is 6.77. The van der Waals surface area contributed by atoms with E-state index >= 15 is 0 Å². The highest BCUT2D eigenvalue weighted by Gasteiger charge is 2.27.